The summed E-state index contributed by atoms with van der Waals surface area (Å²) < 4.78 is 5.46. The largest absolute Gasteiger partial charge is 0.393 e. The molecule has 0 spiro atoms. The molecule has 0 aliphatic carbocycles. The number of rotatable bonds is 4. The fourth-order valence-electron chi connectivity index (χ4n) is 3.10. The number of urea groups is 1. The van der Waals surface area contributed by atoms with E-state index < -0.39 is 6.10 Å². The number of benzene rings is 1. The highest BCUT2D eigenvalue weighted by Crippen LogP contribution is 2.21. The molecular weight excluding hydrogens is 292 g/mol. The number of nitrogens with one attached hydrogen (secondary N) is 1. The van der Waals surface area contributed by atoms with Crippen molar-refractivity contribution in [2.75, 3.05) is 19.8 Å². The molecule has 1 aliphatic rings. The van der Waals surface area contributed by atoms with Gasteiger partial charge in [0.15, 0.2) is 0 Å². The highest BCUT2D eigenvalue weighted by molar-refractivity contribution is 5.75. The zero-order valence-electron chi connectivity index (χ0n) is 14.5. The van der Waals surface area contributed by atoms with Crippen LogP contribution in [0.4, 0.5) is 4.79 Å². The zero-order chi connectivity index (χ0) is 17.0. The van der Waals surface area contributed by atoms with Crippen LogP contribution in [-0.2, 0) is 4.74 Å². The SMILES string of the molecule is Cc1cccc(C(C)NC(=O)N2CCOCC2CC(C)O)c1C. The number of aliphatic hydroxyl groups is 1. The summed E-state index contributed by atoms with van der Waals surface area (Å²) in [7, 11) is 0. The van der Waals surface area contributed by atoms with Crippen molar-refractivity contribution in [2.24, 2.45) is 0 Å². The van der Waals surface area contributed by atoms with Crippen LogP contribution in [0.3, 0.4) is 0 Å². The van der Waals surface area contributed by atoms with Gasteiger partial charge in [-0.05, 0) is 50.8 Å². The van der Waals surface area contributed by atoms with Crippen LogP contribution in [0.25, 0.3) is 0 Å². The van der Waals surface area contributed by atoms with Crippen molar-refractivity contribution < 1.29 is 14.6 Å². The number of hydrogen-bond acceptors (Lipinski definition) is 3. The van der Waals surface area contributed by atoms with Gasteiger partial charge in [-0.1, -0.05) is 18.2 Å². The number of amides is 2. The Labute approximate surface area is 138 Å². The third-order valence-electron chi connectivity index (χ3n) is 4.55. The molecule has 2 amide bonds. The third kappa shape index (κ3) is 4.45. The Morgan fingerprint density at radius 2 is 2.17 bits per heavy atom. The van der Waals surface area contributed by atoms with Gasteiger partial charge in [-0.25, -0.2) is 4.79 Å². The number of hydrogen-bond donors (Lipinski definition) is 2. The minimum atomic E-state index is -0.451. The average Bonchev–Trinajstić information content (AvgIpc) is 2.49. The van der Waals surface area contributed by atoms with Crippen LogP contribution in [-0.4, -0.2) is 47.9 Å². The molecule has 1 saturated heterocycles. The van der Waals surface area contributed by atoms with E-state index in [0.29, 0.717) is 26.2 Å². The molecule has 3 unspecified atom stereocenters. The van der Waals surface area contributed by atoms with Gasteiger partial charge in [-0.2, -0.15) is 0 Å². The maximum absolute atomic E-state index is 12.6. The second kappa shape index (κ2) is 7.79. The Balaban J connectivity index is 2.05. The first-order chi connectivity index (χ1) is 10.9. The van der Waals surface area contributed by atoms with E-state index in [0.717, 1.165) is 5.56 Å². The van der Waals surface area contributed by atoms with Crippen molar-refractivity contribution in [1.29, 1.82) is 0 Å². The lowest BCUT2D eigenvalue weighted by Gasteiger charge is -2.37. The minimum Gasteiger partial charge on any atom is -0.393 e. The first kappa shape index (κ1) is 17.8. The van der Waals surface area contributed by atoms with E-state index in [1.807, 2.05) is 13.0 Å². The van der Waals surface area contributed by atoms with E-state index in [4.69, 9.17) is 4.74 Å². The van der Waals surface area contributed by atoms with Crippen molar-refractivity contribution in [3.8, 4) is 0 Å². The third-order valence-corrected chi connectivity index (χ3v) is 4.55. The summed E-state index contributed by atoms with van der Waals surface area (Å²) >= 11 is 0. The molecule has 5 nitrogen and oxygen atoms in total. The Kier molecular flexibility index (Phi) is 6.02. The normalized spacial score (nSPS) is 20.9. The number of ether oxygens (including phenoxy) is 1. The molecule has 0 saturated carbocycles. The smallest absolute Gasteiger partial charge is 0.318 e. The van der Waals surface area contributed by atoms with E-state index in [-0.39, 0.29) is 18.1 Å². The molecule has 2 N–H and O–H groups in total. The van der Waals surface area contributed by atoms with Gasteiger partial charge in [-0.15, -0.1) is 0 Å². The molecule has 1 fully saturated rings. The molecule has 0 radical (unpaired) electrons. The van der Waals surface area contributed by atoms with Crippen LogP contribution >= 0.6 is 0 Å². The Bertz CT molecular complexity index is 545. The first-order valence-corrected chi connectivity index (χ1v) is 8.29. The molecule has 5 heteroatoms. The average molecular weight is 320 g/mol. The van der Waals surface area contributed by atoms with Crippen LogP contribution in [0, 0.1) is 13.8 Å². The number of carbonyl (C=O) groups excluding carboxylic acids is 1. The Hall–Kier alpha value is -1.59. The fourth-order valence-corrected chi connectivity index (χ4v) is 3.10. The predicted octanol–water partition coefficient (Wildman–Crippen LogP) is 2.55. The van der Waals surface area contributed by atoms with E-state index in [9.17, 15) is 9.90 Å². The molecule has 128 valence electrons. The molecule has 1 heterocycles. The second-order valence-electron chi connectivity index (χ2n) is 6.47. The van der Waals surface area contributed by atoms with E-state index in [1.165, 1.54) is 11.1 Å². The van der Waals surface area contributed by atoms with Crippen LogP contribution < -0.4 is 5.32 Å². The summed E-state index contributed by atoms with van der Waals surface area (Å²) in [5.74, 6) is 0. The van der Waals surface area contributed by atoms with Gasteiger partial charge in [0.05, 0.1) is 31.4 Å². The van der Waals surface area contributed by atoms with Crippen molar-refractivity contribution in [1.82, 2.24) is 10.2 Å². The molecule has 0 aromatic heterocycles. The molecule has 0 bridgehead atoms. The number of nitrogens with zero attached hydrogens (tertiary/aromatic N) is 1. The lowest BCUT2D eigenvalue weighted by molar-refractivity contribution is -0.00474. The van der Waals surface area contributed by atoms with Gasteiger partial charge in [0.25, 0.3) is 0 Å². The van der Waals surface area contributed by atoms with Gasteiger partial charge in [-0.3, -0.25) is 0 Å². The van der Waals surface area contributed by atoms with Crippen LogP contribution in [0.2, 0.25) is 0 Å². The maximum Gasteiger partial charge on any atom is 0.318 e. The topological polar surface area (TPSA) is 61.8 Å². The quantitative estimate of drug-likeness (QED) is 0.896. The summed E-state index contributed by atoms with van der Waals surface area (Å²) in [6, 6.07) is 5.93. The second-order valence-corrected chi connectivity index (χ2v) is 6.47. The molecule has 1 aromatic carbocycles. The van der Waals surface area contributed by atoms with Gasteiger partial charge in [0.2, 0.25) is 0 Å². The van der Waals surface area contributed by atoms with Crippen molar-refractivity contribution in [2.45, 2.75) is 52.3 Å². The molecule has 1 aliphatic heterocycles. The van der Waals surface area contributed by atoms with Crippen molar-refractivity contribution >= 4 is 6.03 Å². The summed E-state index contributed by atoms with van der Waals surface area (Å²) in [5, 5.41) is 12.7. The first-order valence-electron chi connectivity index (χ1n) is 8.29. The fraction of sp³-hybridized carbons (Fsp3) is 0.611. The molecule has 23 heavy (non-hydrogen) atoms. The standard InChI is InChI=1S/C18H28N2O3/c1-12-6-5-7-17(14(12)3)15(4)19-18(22)20-8-9-23-11-16(20)10-13(2)21/h5-7,13,15-16,21H,8-11H2,1-4H3,(H,19,22). The van der Waals surface area contributed by atoms with Crippen LogP contribution in [0.15, 0.2) is 18.2 Å². The van der Waals surface area contributed by atoms with Crippen LogP contribution in [0.1, 0.15) is 43.0 Å². The van der Waals surface area contributed by atoms with Gasteiger partial charge in [0, 0.05) is 6.54 Å². The number of aliphatic hydroxyl groups excluding tert-OH is 1. The van der Waals surface area contributed by atoms with Gasteiger partial charge in [0.1, 0.15) is 0 Å². The van der Waals surface area contributed by atoms with E-state index in [1.54, 1.807) is 11.8 Å². The highest BCUT2D eigenvalue weighted by atomic mass is 16.5. The minimum absolute atomic E-state index is 0.0579. The highest BCUT2D eigenvalue weighted by Gasteiger charge is 2.29. The van der Waals surface area contributed by atoms with E-state index >= 15 is 0 Å². The van der Waals surface area contributed by atoms with E-state index in [2.05, 4.69) is 31.3 Å². The number of carbonyl (C=O) groups is 1. The molecule has 1 aromatic rings. The lowest BCUT2D eigenvalue weighted by Crippen LogP contribution is -2.53. The van der Waals surface area contributed by atoms with Crippen molar-refractivity contribution in [3.63, 3.8) is 0 Å². The van der Waals surface area contributed by atoms with Gasteiger partial charge >= 0.3 is 6.03 Å². The predicted molar refractivity (Wildman–Crippen MR) is 90.5 cm³/mol. The Morgan fingerprint density at radius 3 is 2.87 bits per heavy atom. The summed E-state index contributed by atoms with van der Waals surface area (Å²) in [4.78, 5) is 14.4. The maximum atomic E-state index is 12.6. The molecule has 3 atom stereocenters. The number of morpholine rings is 1. The number of aryl methyl sites for hydroxylation is 1. The zero-order valence-corrected chi connectivity index (χ0v) is 14.5. The monoisotopic (exact) mass is 320 g/mol. The molecular formula is C18H28N2O3. The summed E-state index contributed by atoms with van der Waals surface area (Å²) in [6.07, 6.45) is 0.0825. The van der Waals surface area contributed by atoms with Crippen molar-refractivity contribution in [3.05, 3.63) is 34.9 Å². The summed E-state index contributed by atoms with van der Waals surface area (Å²) in [5.41, 5.74) is 3.57. The Morgan fingerprint density at radius 1 is 1.43 bits per heavy atom. The van der Waals surface area contributed by atoms with Crippen LogP contribution in [0.5, 0.6) is 0 Å². The lowest BCUT2D eigenvalue weighted by atomic mass is 9.98. The van der Waals surface area contributed by atoms with Gasteiger partial charge < -0.3 is 20.1 Å². The molecule has 2 rings (SSSR count). The summed E-state index contributed by atoms with van der Waals surface area (Å²) in [6.45, 7) is 9.49.